The molecular weight excluding hydrogens is 205 g/mol. The Labute approximate surface area is 84.3 Å². The van der Waals surface area contributed by atoms with Crippen molar-refractivity contribution in [1.29, 1.82) is 0 Å². The minimum absolute atomic E-state index is 0.0764. The van der Waals surface area contributed by atoms with Crippen LogP contribution in [0.4, 0.5) is 4.39 Å². The second kappa shape index (κ2) is 4.34. The maximum absolute atomic E-state index is 12.3. The van der Waals surface area contributed by atoms with E-state index < -0.39 is 12.0 Å². The number of hydrogen-bond donors (Lipinski definition) is 2. The number of aliphatic carboxylic acids is 1. The zero-order chi connectivity index (χ0) is 10.7. The number of rotatable bonds is 1. The normalized spacial score (nSPS) is 12.2. The average molecular weight is 215 g/mol. The number of thiophene rings is 2. The van der Waals surface area contributed by atoms with Crippen LogP contribution in [0.2, 0.25) is 0 Å². The van der Waals surface area contributed by atoms with Crippen LogP contribution >= 0.6 is 11.3 Å². The van der Waals surface area contributed by atoms with Gasteiger partial charge in [0.1, 0.15) is 11.9 Å². The van der Waals surface area contributed by atoms with Crippen LogP contribution in [-0.2, 0) is 4.79 Å². The van der Waals surface area contributed by atoms with Crippen molar-refractivity contribution < 1.29 is 14.3 Å². The molecule has 2 heterocycles. The summed E-state index contributed by atoms with van der Waals surface area (Å²) < 4.78 is 14.1. The first kappa shape index (κ1) is 10.9. The molecule has 2 rings (SSSR count). The maximum Gasteiger partial charge on any atom is 0.320 e. The van der Waals surface area contributed by atoms with Crippen LogP contribution < -0.4 is 5.73 Å². The molecule has 0 amide bonds. The van der Waals surface area contributed by atoms with Gasteiger partial charge in [-0.1, -0.05) is 0 Å². The number of benzene rings is 1. The SMILES string of the molecule is CC(N)C(=O)O.Fc1cc2ccc1s2. The molecule has 0 aliphatic heterocycles. The molecular formula is C9H10FNO2S. The Balaban J connectivity index is 0.000000149. The molecule has 0 aliphatic carbocycles. The smallest absolute Gasteiger partial charge is 0.320 e. The fourth-order valence-electron chi connectivity index (χ4n) is 0.755. The minimum Gasteiger partial charge on any atom is -0.480 e. The number of carboxylic acids is 1. The van der Waals surface area contributed by atoms with E-state index in [9.17, 15) is 9.18 Å². The Bertz CT molecular complexity index is 413. The molecule has 0 saturated carbocycles. The molecule has 2 aromatic rings. The lowest BCUT2D eigenvalue weighted by Crippen LogP contribution is -2.25. The van der Waals surface area contributed by atoms with Crippen LogP contribution in [0.15, 0.2) is 18.2 Å². The van der Waals surface area contributed by atoms with Gasteiger partial charge in [-0.2, -0.15) is 0 Å². The lowest BCUT2D eigenvalue weighted by atomic mass is 10.4. The van der Waals surface area contributed by atoms with E-state index in [1.807, 2.05) is 6.07 Å². The second-order valence-corrected chi connectivity index (χ2v) is 3.94. The lowest BCUT2D eigenvalue weighted by molar-refractivity contribution is -0.138. The number of carboxylic acid groups (broad SMARTS) is 1. The molecule has 0 radical (unpaired) electrons. The first-order valence-electron chi connectivity index (χ1n) is 3.96. The summed E-state index contributed by atoms with van der Waals surface area (Å²) in [5.74, 6) is -1.04. The maximum atomic E-state index is 12.3. The molecule has 2 aromatic heterocycles. The molecule has 3 N–H and O–H groups in total. The Morgan fingerprint density at radius 2 is 2.21 bits per heavy atom. The predicted molar refractivity (Wildman–Crippen MR) is 54.3 cm³/mol. The van der Waals surface area contributed by atoms with Gasteiger partial charge in [-0.25, -0.2) is 4.39 Å². The highest BCUT2D eigenvalue weighted by atomic mass is 32.1. The van der Waals surface area contributed by atoms with Gasteiger partial charge in [0.25, 0.3) is 0 Å². The minimum atomic E-state index is -0.963. The van der Waals surface area contributed by atoms with Gasteiger partial charge >= 0.3 is 5.97 Å². The third-order valence-corrected chi connectivity index (χ3v) is 2.56. The standard InChI is InChI=1S/C6H3FS.C3H7NO2/c7-5-3-4-1-2-6(5)8-4;1-2(4)3(5)6/h1-3H;2H,4H2,1H3,(H,5,6). The molecule has 1 atom stereocenters. The molecule has 1 unspecified atom stereocenters. The molecule has 0 spiro atoms. The molecule has 0 fully saturated rings. The van der Waals surface area contributed by atoms with E-state index in [0.29, 0.717) is 0 Å². The van der Waals surface area contributed by atoms with E-state index in [2.05, 4.69) is 0 Å². The van der Waals surface area contributed by atoms with Crippen molar-refractivity contribution in [1.82, 2.24) is 0 Å². The second-order valence-electron chi connectivity index (χ2n) is 2.82. The number of hydrogen-bond acceptors (Lipinski definition) is 3. The molecule has 0 aromatic carbocycles. The zero-order valence-corrected chi connectivity index (χ0v) is 8.34. The third kappa shape index (κ3) is 2.65. The highest BCUT2D eigenvalue weighted by molar-refractivity contribution is 7.24. The van der Waals surface area contributed by atoms with Crippen molar-refractivity contribution in [3.05, 3.63) is 24.0 Å². The summed E-state index contributed by atoms with van der Waals surface area (Å²) in [5, 5.41) is 7.87. The van der Waals surface area contributed by atoms with Gasteiger partial charge in [0.15, 0.2) is 0 Å². The predicted octanol–water partition coefficient (Wildman–Crippen LogP) is 1.90. The summed E-state index contributed by atoms with van der Waals surface area (Å²) >= 11 is 1.49. The van der Waals surface area contributed by atoms with Crippen LogP contribution in [0.5, 0.6) is 0 Å². The summed E-state index contributed by atoms with van der Waals surface area (Å²) in [6, 6.07) is 4.54. The van der Waals surface area contributed by atoms with E-state index in [4.69, 9.17) is 10.8 Å². The quantitative estimate of drug-likeness (QED) is 0.763. The van der Waals surface area contributed by atoms with Crippen molar-refractivity contribution in [2.24, 2.45) is 5.73 Å². The summed E-state index contributed by atoms with van der Waals surface area (Å²) in [7, 11) is 0. The Morgan fingerprint density at radius 3 is 2.36 bits per heavy atom. The number of fused-ring (bicyclic) bond motifs is 2. The first-order chi connectivity index (χ1) is 6.50. The third-order valence-electron chi connectivity index (χ3n) is 1.52. The van der Waals surface area contributed by atoms with E-state index in [1.165, 1.54) is 18.3 Å². The van der Waals surface area contributed by atoms with E-state index >= 15 is 0 Å². The Morgan fingerprint density at radius 1 is 1.64 bits per heavy atom. The van der Waals surface area contributed by atoms with E-state index in [-0.39, 0.29) is 5.82 Å². The summed E-state index contributed by atoms with van der Waals surface area (Å²) in [6.45, 7) is 1.42. The highest BCUT2D eigenvalue weighted by Crippen LogP contribution is 2.26. The van der Waals surface area contributed by atoms with E-state index in [0.717, 1.165) is 9.40 Å². The molecule has 0 saturated heterocycles. The van der Waals surface area contributed by atoms with Crippen LogP contribution in [-0.4, -0.2) is 17.1 Å². The van der Waals surface area contributed by atoms with Crippen LogP contribution in [0.3, 0.4) is 0 Å². The molecule has 5 heteroatoms. The van der Waals surface area contributed by atoms with Crippen LogP contribution in [0.1, 0.15) is 6.92 Å². The number of carbonyl (C=O) groups is 1. The van der Waals surface area contributed by atoms with Crippen LogP contribution in [0.25, 0.3) is 9.40 Å². The number of nitrogens with two attached hydrogens (primary N) is 1. The van der Waals surface area contributed by atoms with Crippen molar-refractivity contribution in [3.8, 4) is 0 Å². The summed E-state index contributed by atoms with van der Waals surface area (Å²) in [4.78, 5) is 9.57. The Hall–Kier alpha value is -1.20. The Kier molecular flexibility index (Phi) is 3.38. The van der Waals surface area contributed by atoms with Crippen molar-refractivity contribution in [3.63, 3.8) is 0 Å². The summed E-state index contributed by atoms with van der Waals surface area (Å²) in [6.07, 6.45) is 0. The molecule has 0 aliphatic rings. The monoisotopic (exact) mass is 215 g/mol. The summed E-state index contributed by atoms with van der Waals surface area (Å²) in [5.41, 5.74) is 4.84. The van der Waals surface area contributed by atoms with Gasteiger partial charge in [-0.05, 0) is 25.1 Å². The number of halogens is 1. The van der Waals surface area contributed by atoms with Crippen molar-refractivity contribution in [2.45, 2.75) is 13.0 Å². The lowest BCUT2D eigenvalue weighted by Gasteiger charge is -1.90. The topological polar surface area (TPSA) is 63.3 Å². The first-order valence-corrected chi connectivity index (χ1v) is 4.78. The van der Waals surface area contributed by atoms with Gasteiger partial charge in [-0.15, -0.1) is 11.3 Å². The average Bonchev–Trinajstić information content (AvgIpc) is 2.65. The van der Waals surface area contributed by atoms with Gasteiger partial charge in [0.2, 0.25) is 0 Å². The fraction of sp³-hybridized carbons (Fsp3) is 0.222. The van der Waals surface area contributed by atoms with Crippen molar-refractivity contribution >= 4 is 26.7 Å². The van der Waals surface area contributed by atoms with Crippen molar-refractivity contribution in [2.75, 3.05) is 0 Å². The molecule has 2 bridgehead atoms. The molecule has 76 valence electrons. The largest absolute Gasteiger partial charge is 0.480 e. The van der Waals surface area contributed by atoms with E-state index in [1.54, 1.807) is 12.1 Å². The van der Waals surface area contributed by atoms with Gasteiger partial charge in [0, 0.05) is 4.70 Å². The highest BCUT2D eigenvalue weighted by Gasteiger charge is 2.01. The molecule has 14 heavy (non-hydrogen) atoms. The van der Waals surface area contributed by atoms with Crippen LogP contribution in [0, 0.1) is 5.82 Å². The zero-order valence-electron chi connectivity index (χ0n) is 7.53. The molecule has 3 nitrogen and oxygen atoms in total. The van der Waals surface area contributed by atoms with Gasteiger partial charge in [0.05, 0.1) is 4.70 Å². The van der Waals surface area contributed by atoms with Gasteiger partial charge < -0.3 is 10.8 Å². The van der Waals surface area contributed by atoms with Gasteiger partial charge in [-0.3, -0.25) is 4.79 Å². The fourth-order valence-corrected chi connectivity index (χ4v) is 1.60.